The summed E-state index contributed by atoms with van der Waals surface area (Å²) in [6.07, 6.45) is 8.89. The number of rotatable bonds is 12. The van der Waals surface area contributed by atoms with E-state index in [0.717, 1.165) is 36.2 Å². The molecule has 2 heterocycles. The Morgan fingerprint density at radius 2 is 1.95 bits per heavy atom. The van der Waals surface area contributed by atoms with Gasteiger partial charge in [0.05, 0.1) is 12.2 Å². The van der Waals surface area contributed by atoms with Crippen molar-refractivity contribution in [3.05, 3.63) is 12.7 Å². The van der Waals surface area contributed by atoms with Crippen molar-refractivity contribution in [2.75, 3.05) is 23.0 Å². The molecule has 0 spiro atoms. The van der Waals surface area contributed by atoms with E-state index in [4.69, 9.17) is 9.84 Å². The summed E-state index contributed by atoms with van der Waals surface area (Å²) in [6.45, 7) is 3.80. The van der Waals surface area contributed by atoms with Crippen LogP contribution in [0.25, 0.3) is 0 Å². The zero-order valence-electron chi connectivity index (χ0n) is 13.2. The predicted octanol–water partition coefficient (Wildman–Crippen LogP) is 4.08. The summed E-state index contributed by atoms with van der Waals surface area (Å²) in [7, 11) is 0. The molecule has 2 aliphatic heterocycles. The molecule has 0 saturated carbocycles. The lowest BCUT2D eigenvalue weighted by atomic mass is 9.79. The lowest BCUT2D eigenvalue weighted by Gasteiger charge is -2.27. The molecule has 1 N–H and O–H groups in total. The predicted molar refractivity (Wildman–Crippen MR) is 95.8 cm³/mol. The molecule has 2 bridgehead atoms. The highest BCUT2D eigenvalue weighted by Crippen LogP contribution is 2.46. The number of ether oxygens (including phenoxy) is 1. The third-order valence-electron chi connectivity index (χ3n) is 4.66. The minimum Gasteiger partial charge on any atom is -0.481 e. The molecule has 3 nitrogen and oxygen atoms in total. The Labute approximate surface area is 142 Å². The maximum absolute atomic E-state index is 10.5. The zero-order chi connectivity index (χ0) is 15.8. The van der Waals surface area contributed by atoms with Crippen LogP contribution in [0.2, 0.25) is 0 Å². The van der Waals surface area contributed by atoms with Crippen molar-refractivity contribution in [2.24, 2.45) is 11.8 Å². The first-order valence-electron chi connectivity index (χ1n) is 8.36. The summed E-state index contributed by atoms with van der Waals surface area (Å²) >= 11 is 3.96. The number of carboxylic acids is 1. The maximum Gasteiger partial charge on any atom is 0.303 e. The van der Waals surface area contributed by atoms with E-state index in [1.165, 1.54) is 30.8 Å². The molecule has 4 atom stereocenters. The molecule has 0 radical (unpaired) electrons. The summed E-state index contributed by atoms with van der Waals surface area (Å²) < 4.78 is 6.14. The van der Waals surface area contributed by atoms with Gasteiger partial charge in [-0.3, -0.25) is 4.79 Å². The summed E-state index contributed by atoms with van der Waals surface area (Å²) in [5.41, 5.74) is 0. The Morgan fingerprint density at radius 3 is 2.68 bits per heavy atom. The molecule has 2 fully saturated rings. The minimum atomic E-state index is -0.677. The molecule has 0 aromatic heterocycles. The molecule has 5 heteroatoms. The van der Waals surface area contributed by atoms with E-state index < -0.39 is 5.97 Å². The van der Waals surface area contributed by atoms with Crippen molar-refractivity contribution in [3.8, 4) is 0 Å². The van der Waals surface area contributed by atoms with Crippen LogP contribution in [0, 0.1) is 11.8 Å². The second kappa shape index (κ2) is 9.89. The van der Waals surface area contributed by atoms with E-state index >= 15 is 0 Å². The SMILES string of the molecule is C=CCSCC1C2CCC(O2)C1CCSCCCCC(=O)O. The fraction of sp³-hybridized carbons (Fsp3) is 0.824. The van der Waals surface area contributed by atoms with E-state index in [9.17, 15) is 4.79 Å². The van der Waals surface area contributed by atoms with Crippen molar-refractivity contribution in [1.82, 2.24) is 0 Å². The summed E-state index contributed by atoms with van der Waals surface area (Å²) in [6, 6.07) is 0. The van der Waals surface area contributed by atoms with E-state index in [0.29, 0.717) is 18.6 Å². The van der Waals surface area contributed by atoms with Gasteiger partial charge in [-0.25, -0.2) is 0 Å². The Morgan fingerprint density at radius 1 is 1.18 bits per heavy atom. The molecular weight excluding hydrogens is 316 g/mol. The number of carbonyl (C=O) groups is 1. The van der Waals surface area contributed by atoms with Gasteiger partial charge in [0.25, 0.3) is 0 Å². The normalized spacial score (nSPS) is 29.8. The van der Waals surface area contributed by atoms with Gasteiger partial charge in [-0.1, -0.05) is 6.08 Å². The van der Waals surface area contributed by atoms with Crippen LogP contribution in [0.3, 0.4) is 0 Å². The molecule has 22 heavy (non-hydrogen) atoms. The van der Waals surface area contributed by atoms with Crippen LogP contribution in [0.4, 0.5) is 0 Å². The first-order valence-corrected chi connectivity index (χ1v) is 10.7. The van der Waals surface area contributed by atoms with Crippen LogP contribution >= 0.6 is 23.5 Å². The minimum absolute atomic E-state index is 0.309. The molecule has 2 rings (SSSR count). The number of hydrogen-bond donors (Lipinski definition) is 1. The molecule has 0 aliphatic carbocycles. The number of carboxylic acid groups (broad SMARTS) is 1. The molecule has 126 valence electrons. The van der Waals surface area contributed by atoms with Gasteiger partial charge in [-0.05, 0) is 61.2 Å². The highest BCUT2D eigenvalue weighted by molar-refractivity contribution is 7.99. The van der Waals surface area contributed by atoms with E-state index in [1.807, 2.05) is 29.6 Å². The van der Waals surface area contributed by atoms with Gasteiger partial charge in [-0.2, -0.15) is 23.5 Å². The number of fused-ring (bicyclic) bond motifs is 2. The number of thioether (sulfide) groups is 2. The Kier molecular flexibility index (Phi) is 8.18. The topological polar surface area (TPSA) is 46.5 Å². The average molecular weight is 345 g/mol. The molecule has 2 aliphatic rings. The first kappa shape index (κ1) is 18.2. The largest absolute Gasteiger partial charge is 0.481 e. The lowest BCUT2D eigenvalue weighted by Crippen LogP contribution is -2.29. The molecular formula is C17H28O3S2. The van der Waals surface area contributed by atoms with Crippen molar-refractivity contribution in [2.45, 2.75) is 50.7 Å². The van der Waals surface area contributed by atoms with Crippen LogP contribution in [0.5, 0.6) is 0 Å². The Balaban J connectivity index is 1.60. The van der Waals surface area contributed by atoms with Crippen molar-refractivity contribution in [1.29, 1.82) is 0 Å². The summed E-state index contributed by atoms with van der Waals surface area (Å²) in [4.78, 5) is 10.5. The fourth-order valence-electron chi connectivity index (χ4n) is 3.59. The van der Waals surface area contributed by atoms with Crippen LogP contribution in [0.15, 0.2) is 12.7 Å². The van der Waals surface area contributed by atoms with Gasteiger partial charge in [0.1, 0.15) is 0 Å². The van der Waals surface area contributed by atoms with Gasteiger partial charge >= 0.3 is 5.97 Å². The summed E-state index contributed by atoms with van der Waals surface area (Å²) in [5.74, 6) is 5.32. The van der Waals surface area contributed by atoms with Crippen LogP contribution in [-0.2, 0) is 9.53 Å². The first-order chi connectivity index (χ1) is 10.7. The van der Waals surface area contributed by atoms with E-state index in [-0.39, 0.29) is 0 Å². The standard InChI is InChI=1S/C17H28O3S2/c1-2-9-22-12-14-13(15-6-7-16(14)20-15)8-11-21-10-4-3-5-17(18)19/h2,13-16H,1,3-12H2,(H,18,19). The van der Waals surface area contributed by atoms with Gasteiger partial charge in [0, 0.05) is 12.2 Å². The maximum atomic E-state index is 10.5. The molecule has 0 aromatic carbocycles. The Hall–Kier alpha value is -0.130. The fourth-order valence-corrected chi connectivity index (χ4v) is 5.68. The van der Waals surface area contributed by atoms with Gasteiger partial charge in [0.15, 0.2) is 0 Å². The monoisotopic (exact) mass is 344 g/mol. The van der Waals surface area contributed by atoms with Gasteiger partial charge < -0.3 is 9.84 Å². The second-order valence-electron chi connectivity index (χ2n) is 6.20. The molecule has 0 amide bonds. The highest BCUT2D eigenvalue weighted by atomic mass is 32.2. The van der Waals surface area contributed by atoms with Gasteiger partial charge in [-0.15, -0.1) is 6.58 Å². The number of hydrogen-bond acceptors (Lipinski definition) is 4. The lowest BCUT2D eigenvalue weighted by molar-refractivity contribution is -0.137. The van der Waals surface area contributed by atoms with Crippen molar-refractivity contribution < 1.29 is 14.6 Å². The Bertz CT molecular complexity index is 362. The molecule has 2 saturated heterocycles. The number of unbranched alkanes of at least 4 members (excludes halogenated alkanes) is 1. The zero-order valence-corrected chi connectivity index (χ0v) is 14.9. The second-order valence-corrected chi connectivity index (χ2v) is 8.50. The van der Waals surface area contributed by atoms with E-state index in [1.54, 1.807) is 0 Å². The van der Waals surface area contributed by atoms with E-state index in [2.05, 4.69) is 6.58 Å². The third kappa shape index (κ3) is 5.50. The van der Waals surface area contributed by atoms with Crippen LogP contribution in [0.1, 0.15) is 38.5 Å². The summed E-state index contributed by atoms with van der Waals surface area (Å²) in [5, 5.41) is 8.61. The van der Waals surface area contributed by atoms with Crippen LogP contribution in [-0.4, -0.2) is 46.3 Å². The molecule has 4 unspecified atom stereocenters. The van der Waals surface area contributed by atoms with Crippen molar-refractivity contribution in [3.63, 3.8) is 0 Å². The van der Waals surface area contributed by atoms with Gasteiger partial charge in [0.2, 0.25) is 0 Å². The molecule has 0 aromatic rings. The number of aliphatic carboxylic acids is 1. The smallest absolute Gasteiger partial charge is 0.303 e. The highest BCUT2D eigenvalue weighted by Gasteiger charge is 2.47. The average Bonchev–Trinajstić information content (AvgIpc) is 3.08. The third-order valence-corrected chi connectivity index (χ3v) is 6.85. The quantitative estimate of drug-likeness (QED) is 0.427. The van der Waals surface area contributed by atoms with Crippen LogP contribution < -0.4 is 0 Å². The van der Waals surface area contributed by atoms with Crippen molar-refractivity contribution >= 4 is 29.5 Å².